The first-order chi connectivity index (χ1) is 13.0. The molecule has 0 aliphatic rings. The van der Waals surface area contributed by atoms with Gasteiger partial charge in [0.1, 0.15) is 0 Å². The third-order valence-corrected chi connectivity index (χ3v) is 4.98. The van der Waals surface area contributed by atoms with E-state index < -0.39 is 0 Å². The Balaban J connectivity index is 1.78. The lowest BCUT2D eigenvalue weighted by Crippen LogP contribution is -2.28. The summed E-state index contributed by atoms with van der Waals surface area (Å²) in [6.45, 7) is 6.77. The quantitative estimate of drug-likeness (QED) is 0.560. The van der Waals surface area contributed by atoms with Crippen LogP contribution in [0.3, 0.4) is 0 Å². The predicted molar refractivity (Wildman–Crippen MR) is 104 cm³/mol. The number of hydrogen-bond acceptors (Lipinski definition) is 4. The van der Waals surface area contributed by atoms with E-state index in [1.807, 2.05) is 35.2 Å². The molecule has 0 radical (unpaired) electrons. The van der Waals surface area contributed by atoms with Crippen LogP contribution in [0.5, 0.6) is 0 Å². The smallest absolute Gasteiger partial charge is 0.220 e. The number of nitrogens with zero attached hydrogens (tertiary/aromatic N) is 5. The van der Waals surface area contributed by atoms with Crippen LogP contribution in [0.4, 0.5) is 0 Å². The number of carbonyl (C=O) groups excluding carboxylic acids is 1. The minimum Gasteiger partial charge on any atom is -0.334 e. The number of pyridine rings is 1. The van der Waals surface area contributed by atoms with Gasteiger partial charge in [-0.05, 0) is 59.2 Å². The average molecular weight is 359 g/mol. The normalized spacial score (nSPS) is 11.2. The first-order valence-corrected chi connectivity index (χ1v) is 8.93. The molecule has 6 nitrogen and oxygen atoms in total. The van der Waals surface area contributed by atoms with Crippen LogP contribution in [0.2, 0.25) is 0 Å². The molecule has 2 heterocycles. The van der Waals surface area contributed by atoms with Crippen LogP contribution in [0, 0.1) is 13.8 Å². The molecular formula is C21H21N5O. The Morgan fingerprint density at radius 1 is 1.04 bits per heavy atom. The average Bonchev–Trinajstić information content (AvgIpc) is 3.14. The second-order valence-corrected chi connectivity index (χ2v) is 6.94. The Kier molecular flexibility index (Phi) is 4.32. The first-order valence-electron chi connectivity index (χ1n) is 8.93. The van der Waals surface area contributed by atoms with Gasteiger partial charge < -0.3 is 4.90 Å². The van der Waals surface area contributed by atoms with Crippen LogP contribution in [0.1, 0.15) is 29.2 Å². The number of carbonyl (C=O) groups is 1. The monoisotopic (exact) mass is 359 g/mol. The van der Waals surface area contributed by atoms with Crippen LogP contribution < -0.4 is 0 Å². The van der Waals surface area contributed by atoms with Gasteiger partial charge >= 0.3 is 0 Å². The van der Waals surface area contributed by atoms with Gasteiger partial charge in [-0.2, -0.15) is 4.52 Å². The van der Waals surface area contributed by atoms with Crippen LogP contribution in [-0.2, 0) is 17.9 Å². The SMILES string of the molecule is CC(=O)N(Cc1ccccc1)Cc1cc2cc(C)c(C)cc2n2nnnc12. The summed E-state index contributed by atoms with van der Waals surface area (Å²) in [6, 6.07) is 16.3. The maximum Gasteiger partial charge on any atom is 0.220 e. The maximum absolute atomic E-state index is 12.3. The Bertz CT molecular complexity index is 1130. The number of hydrogen-bond donors (Lipinski definition) is 0. The Morgan fingerprint density at radius 2 is 1.78 bits per heavy atom. The number of rotatable bonds is 4. The topological polar surface area (TPSA) is 63.4 Å². The summed E-state index contributed by atoms with van der Waals surface area (Å²) >= 11 is 0. The number of amides is 1. The molecule has 0 fully saturated rings. The van der Waals surface area contributed by atoms with Crippen molar-refractivity contribution in [2.75, 3.05) is 0 Å². The van der Waals surface area contributed by atoms with Crippen LogP contribution in [0.25, 0.3) is 16.6 Å². The van der Waals surface area contributed by atoms with Crippen LogP contribution in [-0.4, -0.2) is 30.8 Å². The van der Waals surface area contributed by atoms with Crippen molar-refractivity contribution in [3.63, 3.8) is 0 Å². The van der Waals surface area contributed by atoms with Crippen LogP contribution >= 0.6 is 0 Å². The van der Waals surface area contributed by atoms with Crippen LogP contribution in [0.15, 0.2) is 48.5 Å². The van der Waals surface area contributed by atoms with Crippen molar-refractivity contribution in [2.24, 2.45) is 0 Å². The van der Waals surface area contributed by atoms with E-state index in [4.69, 9.17) is 0 Å². The Labute approximate surface area is 157 Å². The van der Waals surface area contributed by atoms with Gasteiger partial charge in [0.25, 0.3) is 0 Å². The lowest BCUT2D eigenvalue weighted by Gasteiger charge is -2.22. The zero-order valence-corrected chi connectivity index (χ0v) is 15.7. The van der Waals surface area contributed by atoms with Gasteiger partial charge in [0.05, 0.1) is 5.52 Å². The van der Waals surface area contributed by atoms with E-state index in [1.165, 1.54) is 11.1 Å². The molecular weight excluding hydrogens is 338 g/mol. The molecule has 0 bridgehead atoms. The summed E-state index contributed by atoms with van der Waals surface area (Å²) in [6.07, 6.45) is 0. The number of tetrazole rings is 1. The molecule has 0 aliphatic carbocycles. The summed E-state index contributed by atoms with van der Waals surface area (Å²) in [5.41, 5.74) is 6.09. The second-order valence-electron chi connectivity index (χ2n) is 6.94. The molecule has 4 rings (SSSR count). The molecule has 0 unspecified atom stereocenters. The fourth-order valence-corrected chi connectivity index (χ4v) is 3.33. The molecule has 0 saturated carbocycles. The minimum absolute atomic E-state index is 0.0182. The van der Waals surface area contributed by atoms with Crippen molar-refractivity contribution >= 4 is 22.5 Å². The van der Waals surface area contributed by atoms with Crippen molar-refractivity contribution in [1.29, 1.82) is 0 Å². The van der Waals surface area contributed by atoms with Gasteiger partial charge in [0.2, 0.25) is 5.91 Å². The molecule has 0 aliphatic heterocycles. The van der Waals surface area contributed by atoms with E-state index in [-0.39, 0.29) is 5.91 Å². The van der Waals surface area contributed by atoms with Crippen molar-refractivity contribution < 1.29 is 4.79 Å². The number of aromatic nitrogens is 4. The number of aryl methyl sites for hydroxylation is 2. The molecule has 6 heteroatoms. The van der Waals surface area contributed by atoms with Gasteiger partial charge in [-0.3, -0.25) is 4.79 Å². The van der Waals surface area contributed by atoms with E-state index in [9.17, 15) is 4.79 Å². The molecule has 0 atom stereocenters. The van der Waals surface area contributed by atoms with Gasteiger partial charge in [-0.1, -0.05) is 30.3 Å². The summed E-state index contributed by atoms with van der Waals surface area (Å²) in [7, 11) is 0. The molecule has 1 amide bonds. The molecule has 136 valence electrons. The van der Waals surface area contributed by atoms with E-state index in [1.54, 1.807) is 11.4 Å². The molecule has 2 aromatic carbocycles. The highest BCUT2D eigenvalue weighted by atomic mass is 16.2. The molecule has 0 N–H and O–H groups in total. The van der Waals surface area contributed by atoms with E-state index in [0.717, 1.165) is 22.0 Å². The Hall–Kier alpha value is -3.28. The maximum atomic E-state index is 12.3. The first kappa shape index (κ1) is 17.1. The Morgan fingerprint density at radius 3 is 2.52 bits per heavy atom. The van der Waals surface area contributed by atoms with E-state index in [2.05, 4.69) is 47.6 Å². The predicted octanol–water partition coefficient (Wildman–Crippen LogP) is 3.44. The van der Waals surface area contributed by atoms with E-state index >= 15 is 0 Å². The number of fused-ring (bicyclic) bond motifs is 3. The van der Waals surface area contributed by atoms with Gasteiger partial charge in [0, 0.05) is 31.0 Å². The van der Waals surface area contributed by atoms with Gasteiger partial charge in [-0.15, -0.1) is 5.10 Å². The summed E-state index contributed by atoms with van der Waals surface area (Å²) in [5.74, 6) is 0.0182. The summed E-state index contributed by atoms with van der Waals surface area (Å²) in [5, 5.41) is 13.3. The second kappa shape index (κ2) is 6.79. The van der Waals surface area contributed by atoms with Gasteiger partial charge in [-0.25, -0.2) is 0 Å². The summed E-state index contributed by atoms with van der Waals surface area (Å²) < 4.78 is 1.76. The third kappa shape index (κ3) is 3.26. The van der Waals surface area contributed by atoms with Crippen molar-refractivity contribution in [2.45, 2.75) is 33.9 Å². The largest absolute Gasteiger partial charge is 0.334 e. The molecule has 0 spiro atoms. The number of benzene rings is 2. The van der Waals surface area contributed by atoms with Crippen molar-refractivity contribution in [1.82, 2.24) is 24.9 Å². The highest BCUT2D eigenvalue weighted by molar-refractivity contribution is 5.84. The molecule has 4 aromatic rings. The third-order valence-electron chi connectivity index (χ3n) is 4.98. The fourth-order valence-electron chi connectivity index (χ4n) is 3.33. The van der Waals surface area contributed by atoms with Crippen molar-refractivity contribution in [3.8, 4) is 0 Å². The highest BCUT2D eigenvalue weighted by Crippen LogP contribution is 2.24. The zero-order valence-electron chi connectivity index (χ0n) is 15.7. The molecule has 27 heavy (non-hydrogen) atoms. The van der Waals surface area contributed by atoms with E-state index in [0.29, 0.717) is 18.7 Å². The summed E-state index contributed by atoms with van der Waals surface area (Å²) in [4.78, 5) is 14.1. The zero-order chi connectivity index (χ0) is 19.0. The highest BCUT2D eigenvalue weighted by Gasteiger charge is 2.16. The van der Waals surface area contributed by atoms with Gasteiger partial charge in [0.15, 0.2) is 5.65 Å². The van der Waals surface area contributed by atoms with Crippen molar-refractivity contribution in [3.05, 3.63) is 70.8 Å². The fraction of sp³-hybridized carbons (Fsp3) is 0.238. The molecule has 0 saturated heterocycles. The minimum atomic E-state index is 0.0182. The molecule has 2 aromatic heterocycles. The standard InChI is InChI=1S/C21H21N5O/c1-14-9-18-11-19(21-22-23-24-26(21)20(18)10-15(14)2)13-25(16(3)27)12-17-7-5-4-6-8-17/h4-11H,12-13H2,1-3H3. The lowest BCUT2D eigenvalue weighted by atomic mass is 10.0. The lowest BCUT2D eigenvalue weighted by molar-refractivity contribution is -0.130.